The van der Waals surface area contributed by atoms with Crippen LogP contribution in [0, 0.1) is 27.7 Å². The van der Waals surface area contributed by atoms with Crippen molar-refractivity contribution in [2.75, 3.05) is 26.4 Å². The van der Waals surface area contributed by atoms with Gasteiger partial charge in [-0.15, -0.1) is 0 Å². The van der Waals surface area contributed by atoms with E-state index in [0.717, 1.165) is 66.0 Å². The van der Waals surface area contributed by atoms with Gasteiger partial charge >= 0.3 is 0 Å². The first-order valence-electron chi connectivity index (χ1n) is 15.2. The lowest BCUT2D eigenvalue weighted by atomic mass is 10.2. The molecule has 0 atom stereocenters. The molecule has 0 N–H and O–H groups in total. The van der Waals surface area contributed by atoms with Gasteiger partial charge in [-0.3, -0.25) is 0 Å². The summed E-state index contributed by atoms with van der Waals surface area (Å²) in [6, 6.07) is 25.4. The second-order valence-electron chi connectivity index (χ2n) is 10.3. The molecule has 226 valence electrons. The molecule has 0 spiro atoms. The average Bonchev–Trinajstić information content (AvgIpc) is 2.99. The van der Waals surface area contributed by atoms with Crippen LogP contribution in [0.5, 0.6) is 23.0 Å². The Balaban J connectivity index is 2.06. The van der Waals surface area contributed by atoms with Crippen LogP contribution < -0.4 is 39.7 Å². The van der Waals surface area contributed by atoms with Gasteiger partial charge in [-0.1, -0.05) is 72.8 Å². The minimum absolute atomic E-state index is 0.565. The highest BCUT2D eigenvalue weighted by atomic mass is 28.4. The first-order valence-corrected chi connectivity index (χ1v) is 18.0. The molecule has 0 aliphatic heterocycles. The molecule has 43 heavy (non-hydrogen) atoms. The smallest absolute Gasteiger partial charge is 0.280 e. The maximum Gasteiger partial charge on any atom is 0.280 e. The summed E-state index contributed by atoms with van der Waals surface area (Å²) >= 11 is 0. The van der Waals surface area contributed by atoms with Crippen molar-refractivity contribution in [3.63, 3.8) is 0 Å². The maximum atomic E-state index is 7.65. The molecule has 2 radical (unpaired) electrons. The number of para-hydroxylation sites is 4. The third kappa shape index (κ3) is 7.17. The second-order valence-corrected chi connectivity index (χ2v) is 14.6. The first-order chi connectivity index (χ1) is 20.9. The zero-order valence-electron chi connectivity index (χ0n) is 26.8. The zero-order chi connectivity index (χ0) is 30.9. The molecule has 0 amide bonds. The Kier molecular flexibility index (Phi) is 11.5. The Labute approximate surface area is 261 Å². The number of ether oxygens (including phenoxy) is 4. The molecule has 4 aromatic carbocycles. The van der Waals surface area contributed by atoms with Crippen LogP contribution in [-0.2, 0) is 4.12 Å². The number of benzene rings is 4. The standard InChI is InChI=1S/C36H44O5Si2/c1-9-37-33-25(5)17-13-21-29(33)42(30-22-14-18-26(6)34(30)38-10-2)41-43(31-23-15-19-27(7)35(31)39-11-3)32-24-16-20-28(8)36(32)40-12-4/h13-24H,9-12H2,1-8H3. The van der Waals surface area contributed by atoms with Crippen LogP contribution in [0.4, 0.5) is 0 Å². The molecule has 4 rings (SSSR count). The Morgan fingerprint density at radius 1 is 0.395 bits per heavy atom. The van der Waals surface area contributed by atoms with Crippen LogP contribution in [0.2, 0.25) is 0 Å². The zero-order valence-corrected chi connectivity index (χ0v) is 28.8. The van der Waals surface area contributed by atoms with E-state index in [4.69, 9.17) is 23.1 Å². The molecule has 5 nitrogen and oxygen atoms in total. The van der Waals surface area contributed by atoms with Crippen molar-refractivity contribution in [2.45, 2.75) is 55.4 Å². The molecule has 4 aromatic rings. The summed E-state index contributed by atoms with van der Waals surface area (Å²) < 4.78 is 32.9. The lowest BCUT2D eigenvalue weighted by Crippen LogP contribution is -2.57. The predicted octanol–water partition coefficient (Wildman–Crippen LogP) is 5.44. The van der Waals surface area contributed by atoms with Gasteiger partial charge in [0.05, 0.1) is 26.4 Å². The summed E-state index contributed by atoms with van der Waals surface area (Å²) in [4.78, 5) is 0. The lowest BCUT2D eigenvalue weighted by Gasteiger charge is -2.29. The van der Waals surface area contributed by atoms with Gasteiger partial charge in [-0.25, -0.2) is 0 Å². The Morgan fingerprint density at radius 3 is 0.837 bits per heavy atom. The second kappa shape index (κ2) is 15.3. The van der Waals surface area contributed by atoms with Gasteiger partial charge in [0.2, 0.25) is 0 Å². The Bertz CT molecular complexity index is 1300. The molecule has 0 aromatic heterocycles. The number of rotatable bonds is 14. The maximum absolute atomic E-state index is 7.65. The molecule has 0 heterocycles. The summed E-state index contributed by atoms with van der Waals surface area (Å²) in [6.07, 6.45) is 0. The van der Waals surface area contributed by atoms with E-state index in [9.17, 15) is 0 Å². The summed E-state index contributed by atoms with van der Waals surface area (Å²) in [5, 5.41) is 4.27. The van der Waals surface area contributed by atoms with E-state index in [-0.39, 0.29) is 0 Å². The van der Waals surface area contributed by atoms with Crippen LogP contribution in [-0.4, -0.2) is 44.5 Å². The molecular weight excluding hydrogens is 569 g/mol. The molecule has 0 unspecified atom stereocenters. The van der Waals surface area contributed by atoms with E-state index in [0.29, 0.717) is 26.4 Å². The Morgan fingerprint density at radius 2 is 0.628 bits per heavy atom. The molecule has 0 saturated heterocycles. The van der Waals surface area contributed by atoms with Crippen molar-refractivity contribution >= 4 is 38.8 Å². The van der Waals surface area contributed by atoms with E-state index in [2.05, 4.69) is 100 Å². The summed E-state index contributed by atoms with van der Waals surface area (Å²) in [7, 11) is -3.89. The van der Waals surface area contributed by atoms with E-state index in [1.807, 2.05) is 27.7 Å². The largest absolute Gasteiger partial charge is 0.494 e. The minimum atomic E-state index is -1.94. The fourth-order valence-electron chi connectivity index (χ4n) is 5.28. The van der Waals surface area contributed by atoms with Crippen LogP contribution in [0.3, 0.4) is 0 Å². The van der Waals surface area contributed by atoms with Crippen molar-refractivity contribution in [3.8, 4) is 23.0 Å². The first kappa shape index (κ1) is 32.4. The van der Waals surface area contributed by atoms with E-state index in [1.165, 1.54) is 0 Å². The van der Waals surface area contributed by atoms with Gasteiger partial charge in [0.1, 0.15) is 23.0 Å². The van der Waals surface area contributed by atoms with Gasteiger partial charge < -0.3 is 23.1 Å². The third-order valence-electron chi connectivity index (χ3n) is 7.18. The van der Waals surface area contributed by atoms with E-state index < -0.39 is 18.1 Å². The molecule has 0 aliphatic carbocycles. The van der Waals surface area contributed by atoms with Gasteiger partial charge in [0.15, 0.2) is 0 Å². The van der Waals surface area contributed by atoms with Crippen molar-refractivity contribution in [2.24, 2.45) is 0 Å². The molecule has 0 bridgehead atoms. The highest BCUT2D eigenvalue weighted by Crippen LogP contribution is 2.24. The van der Waals surface area contributed by atoms with Crippen LogP contribution in [0.15, 0.2) is 72.8 Å². The minimum Gasteiger partial charge on any atom is -0.494 e. The van der Waals surface area contributed by atoms with Gasteiger partial charge in [-0.2, -0.15) is 0 Å². The molecule has 0 aliphatic rings. The fraction of sp³-hybridized carbons (Fsp3) is 0.333. The molecule has 0 saturated carbocycles. The third-order valence-corrected chi connectivity index (χ3v) is 12.3. The predicted molar refractivity (Wildman–Crippen MR) is 181 cm³/mol. The van der Waals surface area contributed by atoms with Crippen molar-refractivity contribution in [1.29, 1.82) is 0 Å². The molecule has 0 fully saturated rings. The van der Waals surface area contributed by atoms with E-state index in [1.54, 1.807) is 0 Å². The summed E-state index contributed by atoms with van der Waals surface area (Å²) in [5.74, 6) is 3.53. The quantitative estimate of drug-likeness (QED) is 0.178. The average molecular weight is 613 g/mol. The number of aryl methyl sites for hydroxylation is 4. The Hall–Kier alpha value is -3.53. The van der Waals surface area contributed by atoms with Crippen molar-refractivity contribution in [1.82, 2.24) is 0 Å². The van der Waals surface area contributed by atoms with Gasteiger partial charge in [0, 0.05) is 20.7 Å². The highest BCUT2D eigenvalue weighted by Gasteiger charge is 2.36. The number of hydrogen-bond donors (Lipinski definition) is 0. The van der Waals surface area contributed by atoms with Crippen molar-refractivity contribution < 1.29 is 23.1 Å². The summed E-state index contributed by atoms with van der Waals surface area (Å²) in [5.41, 5.74) is 4.34. The molecule has 7 heteroatoms. The van der Waals surface area contributed by atoms with E-state index >= 15 is 0 Å². The van der Waals surface area contributed by atoms with Crippen LogP contribution in [0.25, 0.3) is 0 Å². The van der Waals surface area contributed by atoms with Crippen LogP contribution >= 0.6 is 0 Å². The van der Waals surface area contributed by atoms with Crippen LogP contribution in [0.1, 0.15) is 49.9 Å². The SMILES string of the molecule is CCOc1c(C)cccc1[Si](O[Si](c1cccc(C)c1OCC)c1cccc(C)c1OCC)c1cccc(C)c1OCC. The highest BCUT2D eigenvalue weighted by molar-refractivity contribution is 6.93. The monoisotopic (exact) mass is 612 g/mol. The molecular formula is C36H44O5Si2. The van der Waals surface area contributed by atoms with Crippen molar-refractivity contribution in [3.05, 3.63) is 95.1 Å². The fourth-order valence-corrected chi connectivity index (χ4v) is 11.3. The topological polar surface area (TPSA) is 46.2 Å². The summed E-state index contributed by atoms with van der Waals surface area (Å²) in [6.45, 7) is 18.8. The normalized spacial score (nSPS) is 11.2. The lowest BCUT2D eigenvalue weighted by molar-refractivity contribution is 0.338. The number of hydrogen-bond acceptors (Lipinski definition) is 5. The van der Waals surface area contributed by atoms with Gasteiger partial charge in [-0.05, 0) is 77.6 Å². The van der Waals surface area contributed by atoms with Gasteiger partial charge in [0.25, 0.3) is 18.1 Å².